The first-order chi connectivity index (χ1) is 16.3. The Morgan fingerprint density at radius 2 is 1.82 bits per heavy atom. The smallest absolute Gasteiger partial charge is 0.154 e. The Morgan fingerprint density at radius 1 is 0.939 bits per heavy atom. The van der Waals surface area contributed by atoms with Crippen LogP contribution in [-0.2, 0) is 0 Å². The SMILES string of the molecule is Fc1cccc([C@H]2CCCN2c2ccc3ncc(-c4cccc(N5CCNCC5)c4)n3n2)c1. The van der Waals surface area contributed by atoms with Gasteiger partial charge in [-0.1, -0.05) is 24.3 Å². The second-order valence-corrected chi connectivity index (χ2v) is 8.80. The molecule has 0 spiro atoms. The van der Waals surface area contributed by atoms with Crippen LogP contribution in [0.4, 0.5) is 15.9 Å². The van der Waals surface area contributed by atoms with Crippen molar-refractivity contribution in [2.45, 2.75) is 18.9 Å². The summed E-state index contributed by atoms with van der Waals surface area (Å²) >= 11 is 0. The molecule has 2 aliphatic heterocycles. The minimum Gasteiger partial charge on any atom is -0.369 e. The van der Waals surface area contributed by atoms with Crippen molar-refractivity contribution in [2.75, 3.05) is 42.5 Å². The van der Waals surface area contributed by atoms with Crippen LogP contribution >= 0.6 is 0 Å². The zero-order chi connectivity index (χ0) is 22.2. The largest absolute Gasteiger partial charge is 0.369 e. The Hall–Kier alpha value is -3.45. The van der Waals surface area contributed by atoms with E-state index in [1.165, 1.54) is 11.8 Å². The molecule has 0 unspecified atom stereocenters. The Balaban J connectivity index is 1.36. The molecule has 0 radical (unpaired) electrons. The maximum atomic E-state index is 13.9. The highest BCUT2D eigenvalue weighted by Crippen LogP contribution is 2.36. The van der Waals surface area contributed by atoms with Crippen molar-refractivity contribution in [1.82, 2.24) is 19.9 Å². The van der Waals surface area contributed by atoms with E-state index in [0.29, 0.717) is 0 Å². The molecule has 33 heavy (non-hydrogen) atoms. The first-order valence-electron chi connectivity index (χ1n) is 11.7. The van der Waals surface area contributed by atoms with Crippen LogP contribution in [0.2, 0.25) is 0 Å². The lowest BCUT2D eigenvalue weighted by Crippen LogP contribution is -2.43. The number of hydrogen-bond acceptors (Lipinski definition) is 5. The molecule has 0 aliphatic carbocycles. The Labute approximate surface area is 192 Å². The summed E-state index contributed by atoms with van der Waals surface area (Å²) in [5.74, 6) is 0.704. The maximum absolute atomic E-state index is 13.9. The van der Waals surface area contributed by atoms with Gasteiger partial charge in [-0.05, 0) is 54.8 Å². The van der Waals surface area contributed by atoms with Gasteiger partial charge in [0, 0.05) is 44.0 Å². The fraction of sp³-hybridized carbons (Fsp3) is 0.308. The fourth-order valence-electron chi connectivity index (χ4n) is 5.10. The molecule has 7 heteroatoms. The van der Waals surface area contributed by atoms with E-state index in [4.69, 9.17) is 5.10 Å². The number of piperazine rings is 1. The van der Waals surface area contributed by atoms with Crippen LogP contribution in [0.25, 0.3) is 16.9 Å². The molecule has 168 valence electrons. The lowest BCUT2D eigenvalue weighted by atomic mass is 10.0. The number of imidazole rings is 1. The molecular formula is C26H27FN6. The quantitative estimate of drug-likeness (QED) is 0.511. The zero-order valence-electron chi connectivity index (χ0n) is 18.5. The van der Waals surface area contributed by atoms with Crippen molar-refractivity contribution < 1.29 is 4.39 Å². The van der Waals surface area contributed by atoms with Crippen LogP contribution in [0.3, 0.4) is 0 Å². The molecule has 1 N–H and O–H groups in total. The van der Waals surface area contributed by atoms with Crippen molar-refractivity contribution in [3.63, 3.8) is 0 Å². The fourth-order valence-corrected chi connectivity index (χ4v) is 5.10. The molecule has 6 nitrogen and oxygen atoms in total. The number of fused-ring (bicyclic) bond motifs is 1. The van der Waals surface area contributed by atoms with E-state index < -0.39 is 0 Å². The van der Waals surface area contributed by atoms with Crippen LogP contribution in [0.1, 0.15) is 24.4 Å². The van der Waals surface area contributed by atoms with Gasteiger partial charge in [-0.15, -0.1) is 5.10 Å². The van der Waals surface area contributed by atoms with Gasteiger partial charge >= 0.3 is 0 Å². The molecule has 2 fully saturated rings. The second kappa shape index (κ2) is 8.48. The summed E-state index contributed by atoms with van der Waals surface area (Å²) in [5, 5.41) is 8.41. The van der Waals surface area contributed by atoms with Gasteiger partial charge in [0.2, 0.25) is 0 Å². The predicted octanol–water partition coefficient (Wildman–Crippen LogP) is 4.29. The minimum absolute atomic E-state index is 0.133. The van der Waals surface area contributed by atoms with Gasteiger partial charge < -0.3 is 15.1 Å². The number of nitrogens with one attached hydrogen (secondary N) is 1. The van der Waals surface area contributed by atoms with Crippen molar-refractivity contribution in [3.05, 3.63) is 78.2 Å². The Kier molecular flexibility index (Phi) is 5.19. The first kappa shape index (κ1) is 20.2. The highest BCUT2D eigenvalue weighted by atomic mass is 19.1. The molecule has 6 rings (SSSR count). The van der Waals surface area contributed by atoms with Gasteiger partial charge in [0.1, 0.15) is 11.6 Å². The summed E-state index contributed by atoms with van der Waals surface area (Å²) in [6.45, 7) is 4.94. The van der Waals surface area contributed by atoms with Crippen molar-refractivity contribution >= 4 is 17.2 Å². The van der Waals surface area contributed by atoms with E-state index in [-0.39, 0.29) is 11.9 Å². The average Bonchev–Trinajstić information content (AvgIpc) is 3.52. The summed E-state index contributed by atoms with van der Waals surface area (Å²) in [4.78, 5) is 9.30. The number of hydrogen-bond donors (Lipinski definition) is 1. The summed E-state index contributed by atoms with van der Waals surface area (Å²) < 4.78 is 15.8. The molecule has 4 heterocycles. The van der Waals surface area contributed by atoms with E-state index in [1.807, 2.05) is 28.9 Å². The van der Waals surface area contributed by atoms with E-state index >= 15 is 0 Å². The molecule has 0 bridgehead atoms. The molecule has 2 aromatic carbocycles. The van der Waals surface area contributed by atoms with Gasteiger partial charge in [-0.3, -0.25) is 0 Å². The van der Waals surface area contributed by atoms with Crippen molar-refractivity contribution in [1.29, 1.82) is 0 Å². The topological polar surface area (TPSA) is 48.7 Å². The van der Waals surface area contributed by atoms with Gasteiger partial charge in [0.25, 0.3) is 0 Å². The molecule has 0 amide bonds. The molecule has 2 saturated heterocycles. The number of halogens is 1. The van der Waals surface area contributed by atoms with Crippen LogP contribution in [0, 0.1) is 5.82 Å². The maximum Gasteiger partial charge on any atom is 0.154 e. The van der Waals surface area contributed by atoms with E-state index in [0.717, 1.165) is 73.9 Å². The van der Waals surface area contributed by atoms with Crippen LogP contribution < -0.4 is 15.1 Å². The molecule has 2 aromatic heterocycles. The van der Waals surface area contributed by atoms with Crippen LogP contribution in [0.15, 0.2) is 66.9 Å². The summed E-state index contributed by atoms with van der Waals surface area (Å²) in [7, 11) is 0. The molecular weight excluding hydrogens is 415 g/mol. The van der Waals surface area contributed by atoms with E-state index in [2.05, 4.69) is 44.4 Å². The van der Waals surface area contributed by atoms with Gasteiger partial charge in [-0.25, -0.2) is 13.9 Å². The van der Waals surface area contributed by atoms with Gasteiger partial charge in [0.15, 0.2) is 5.65 Å². The standard InChI is InChI=1S/C26H27FN6/c27-21-6-1-4-19(16-21)23-8-3-13-32(23)26-10-9-25-29-18-24(33(25)30-26)20-5-2-7-22(17-20)31-14-11-28-12-15-31/h1-2,4-7,9-10,16-18,23,28H,3,8,11-15H2/t23-/m1/s1. The monoisotopic (exact) mass is 442 g/mol. The minimum atomic E-state index is -0.191. The van der Waals surface area contributed by atoms with Crippen LogP contribution in [0.5, 0.6) is 0 Å². The average molecular weight is 443 g/mol. The predicted molar refractivity (Wildman–Crippen MR) is 129 cm³/mol. The second-order valence-electron chi connectivity index (χ2n) is 8.80. The third kappa shape index (κ3) is 3.82. The number of anilines is 2. The summed E-state index contributed by atoms with van der Waals surface area (Å²) in [6, 6.07) is 19.8. The summed E-state index contributed by atoms with van der Waals surface area (Å²) in [5.41, 5.74) is 5.13. The highest BCUT2D eigenvalue weighted by Gasteiger charge is 2.28. The molecule has 1 atom stereocenters. The number of benzene rings is 2. The first-order valence-corrected chi connectivity index (χ1v) is 11.7. The summed E-state index contributed by atoms with van der Waals surface area (Å²) in [6.07, 6.45) is 3.95. The zero-order valence-corrected chi connectivity index (χ0v) is 18.5. The third-order valence-corrected chi connectivity index (χ3v) is 6.75. The molecule has 2 aliphatic rings. The highest BCUT2D eigenvalue weighted by molar-refractivity contribution is 5.68. The number of nitrogens with zero attached hydrogens (tertiary/aromatic N) is 5. The van der Waals surface area contributed by atoms with Crippen molar-refractivity contribution in [3.8, 4) is 11.3 Å². The van der Waals surface area contributed by atoms with Gasteiger partial charge in [-0.2, -0.15) is 0 Å². The number of aromatic nitrogens is 3. The third-order valence-electron chi connectivity index (χ3n) is 6.75. The lowest BCUT2D eigenvalue weighted by molar-refractivity contribution is 0.589. The van der Waals surface area contributed by atoms with Crippen molar-refractivity contribution in [2.24, 2.45) is 0 Å². The van der Waals surface area contributed by atoms with Crippen LogP contribution in [-0.4, -0.2) is 47.3 Å². The van der Waals surface area contributed by atoms with E-state index in [9.17, 15) is 4.39 Å². The molecule has 0 saturated carbocycles. The Morgan fingerprint density at radius 3 is 2.70 bits per heavy atom. The molecule has 4 aromatic rings. The normalized spacial score (nSPS) is 18.9. The Bertz CT molecular complexity index is 1280. The van der Waals surface area contributed by atoms with Gasteiger partial charge in [0.05, 0.1) is 17.9 Å². The number of rotatable bonds is 4. The lowest BCUT2D eigenvalue weighted by Gasteiger charge is -2.29. The van der Waals surface area contributed by atoms with E-state index in [1.54, 1.807) is 12.1 Å².